The van der Waals surface area contributed by atoms with Crippen molar-refractivity contribution < 1.29 is 9.59 Å². The number of aryl methyl sites for hydroxylation is 1. The lowest BCUT2D eigenvalue weighted by Crippen LogP contribution is -2.28. The van der Waals surface area contributed by atoms with Crippen molar-refractivity contribution >= 4 is 39.1 Å². The molecule has 0 bridgehead atoms. The first-order valence-electron chi connectivity index (χ1n) is 10.6. The monoisotopic (exact) mass is 436 g/mol. The van der Waals surface area contributed by atoms with Crippen LogP contribution in [0.5, 0.6) is 0 Å². The molecule has 0 spiro atoms. The molecule has 1 aliphatic rings. The molecule has 0 aliphatic carbocycles. The molecule has 1 atom stereocenters. The molecule has 3 aromatic rings. The summed E-state index contributed by atoms with van der Waals surface area (Å²) in [5, 5.41) is 3.78. The summed E-state index contributed by atoms with van der Waals surface area (Å²) < 4.78 is 0. The van der Waals surface area contributed by atoms with E-state index in [2.05, 4.69) is 39.5 Å². The van der Waals surface area contributed by atoms with Crippen molar-refractivity contribution in [1.29, 1.82) is 0 Å². The molecular weight excluding hydrogens is 408 g/mol. The van der Waals surface area contributed by atoms with Gasteiger partial charge in [0.1, 0.15) is 4.83 Å². The molecule has 4 rings (SSSR count). The molecule has 1 saturated heterocycles. The highest BCUT2D eigenvalue weighted by Gasteiger charge is 2.32. The Morgan fingerprint density at radius 1 is 1.23 bits per heavy atom. The lowest BCUT2D eigenvalue weighted by atomic mass is 9.95. The third kappa shape index (κ3) is 4.42. The number of anilines is 1. The standard InChI is InChI=1S/C24H28N4O2S/c1-25-23(30)22-21(19-5-4-13-26-24(19)31-22)17-12-14-28(15-17)20(29)11-8-16-6-9-18(10-7-16)27(2)3/h4-7,9-10,13,17H,8,11-12,14-15H2,1-3H3,(H,25,30)/t17-/m0/s1. The van der Waals surface area contributed by atoms with Crippen LogP contribution in [-0.4, -0.2) is 55.9 Å². The second kappa shape index (κ2) is 9.06. The van der Waals surface area contributed by atoms with E-state index in [1.54, 1.807) is 13.2 Å². The van der Waals surface area contributed by atoms with Gasteiger partial charge in [0.2, 0.25) is 5.91 Å². The van der Waals surface area contributed by atoms with Gasteiger partial charge in [-0.25, -0.2) is 4.98 Å². The number of hydrogen-bond donors (Lipinski definition) is 1. The van der Waals surface area contributed by atoms with E-state index in [9.17, 15) is 9.59 Å². The first-order valence-corrected chi connectivity index (χ1v) is 11.4. The smallest absolute Gasteiger partial charge is 0.261 e. The number of thiophene rings is 1. The SMILES string of the molecule is CNC(=O)c1sc2ncccc2c1[C@H]1CCN(C(=O)CCc2ccc(N(C)C)cc2)C1. The van der Waals surface area contributed by atoms with E-state index in [0.29, 0.717) is 13.0 Å². The van der Waals surface area contributed by atoms with Crippen LogP contribution < -0.4 is 10.2 Å². The van der Waals surface area contributed by atoms with Gasteiger partial charge in [0.05, 0.1) is 4.88 Å². The highest BCUT2D eigenvalue weighted by Crippen LogP contribution is 2.39. The predicted molar refractivity (Wildman–Crippen MR) is 126 cm³/mol. The molecule has 1 fully saturated rings. The summed E-state index contributed by atoms with van der Waals surface area (Å²) in [4.78, 5) is 35.4. The van der Waals surface area contributed by atoms with Crippen LogP contribution in [-0.2, 0) is 11.2 Å². The van der Waals surface area contributed by atoms with Crippen molar-refractivity contribution in [2.75, 3.05) is 39.1 Å². The first-order chi connectivity index (χ1) is 15.0. The average Bonchev–Trinajstić information content (AvgIpc) is 3.42. The molecule has 0 radical (unpaired) electrons. The maximum Gasteiger partial charge on any atom is 0.261 e. The van der Waals surface area contributed by atoms with Gasteiger partial charge in [-0.2, -0.15) is 0 Å². The van der Waals surface area contributed by atoms with Crippen molar-refractivity contribution in [3.05, 3.63) is 58.6 Å². The minimum absolute atomic E-state index is 0.0797. The quantitative estimate of drug-likeness (QED) is 0.640. The van der Waals surface area contributed by atoms with Gasteiger partial charge >= 0.3 is 0 Å². The Morgan fingerprint density at radius 2 is 2.00 bits per heavy atom. The Hall–Kier alpha value is -2.93. The summed E-state index contributed by atoms with van der Waals surface area (Å²) in [6.45, 7) is 1.39. The van der Waals surface area contributed by atoms with Crippen LogP contribution in [0, 0.1) is 0 Å². The fourth-order valence-corrected chi connectivity index (χ4v) is 5.41. The van der Waals surface area contributed by atoms with E-state index in [1.165, 1.54) is 16.9 Å². The number of hydrogen-bond acceptors (Lipinski definition) is 5. The van der Waals surface area contributed by atoms with Gasteiger partial charge in [-0.1, -0.05) is 18.2 Å². The third-order valence-electron chi connectivity index (χ3n) is 5.97. The van der Waals surface area contributed by atoms with E-state index in [0.717, 1.165) is 45.7 Å². The normalized spacial score (nSPS) is 16.0. The molecule has 1 aliphatic heterocycles. The van der Waals surface area contributed by atoms with Gasteiger partial charge < -0.3 is 15.1 Å². The zero-order chi connectivity index (χ0) is 22.0. The van der Waals surface area contributed by atoms with Crippen molar-refractivity contribution in [2.45, 2.75) is 25.2 Å². The van der Waals surface area contributed by atoms with Crippen molar-refractivity contribution in [2.24, 2.45) is 0 Å². The number of fused-ring (bicyclic) bond motifs is 1. The molecule has 3 heterocycles. The summed E-state index contributed by atoms with van der Waals surface area (Å²) in [7, 11) is 5.69. The maximum atomic E-state index is 12.9. The third-order valence-corrected chi connectivity index (χ3v) is 7.10. The van der Waals surface area contributed by atoms with Crippen LogP contribution >= 0.6 is 11.3 Å². The molecule has 2 amide bonds. The van der Waals surface area contributed by atoms with Gasteiger partial charge in [0.25, 0.3) is 5.91 Å². The molecule has 31 heavy (non-hydrogen) atoms. The molecule has 0 saturated carbocycles. The zero-order valence-corrected chi connectivity index (χ0v) is 19.0. The fourth-order valence-electron chi connectivity index (χ4n) is 4.23. The Morgan fingerprint density at radius 3 is 2.71 bits per heavy atom. The summed E-state index contributed by atoms with van der Waals surface area (Å²) in [5.41, 5.74) is 3.37. The second-order valence-electron chi connectivity index (χ2n) is 8.17. The van der Waals surface area contributed by atoms with Gasteiger partial charge in [-0.3, -0.25) is 9.59 Å². The van der Waals surface area contributed by atoms with E-state index in [1.807, 2.05) is 31.1 Å². The summed E-state index contributed by atoms with van der Waals surface area (Å²) in [5.74, 6) is 0.260. The van der Waals surface area contributed by atoms with Crippen LogP contribution in [0.1, 0.15) is 39.6 Å². The molecule has 162 valence electrons. The molecule has 0 unspecified atom stereocenters. The second-order valence-corrected chi connectivity index (χ2v) is 9.17. The molecular formula is C24H28N4O2S. The number of carbonyl (C=O) groups is 2. The van der Waals surface area contributed by atoms with E-state index >= 15 is 0 Å². The Kier molecular flexibility index (Phi) is 6.23. The number of aromatic nitrogens is 1. The first kappa shape index (κ1) is 21.3. The maximum absolute atomic E-state index is 12.9. The largest absolute Gasteiger partial charge is 0.378 e. The molecule has 1 aromatic carbocycles. The number of likely N-dealkylation sites (tertiary alicyclic amines) is 1. The number of rotatable bonds is 6. The van der Waals surface area contributed by atoms with E-state index < -0.39 is 0 Å². The molecule has 2 aromatic heterocycles. The van der Waals surface area contributed by atoms with Crippen molar-refractivity contribution in [3.63, 3.8) is 0 Å². The minimum atomic E-state index is -0.0797. The summed E-state index contributed by atoms with van der Waals surface area (Å²) in [6, 6.07) is 12.3. The lowest BCUT2D eigenvalue weighted by molar-refractivity contribution is -0.130. The van der Waals surface area contributed by atoms with Crippen molar-refractivity contribution in [3.8, 4) is 0 Å². The van der Waals surface area contributed by atoms with Crippen LogP contribution in [0.25, 0.3) is 10.2 Å². The van der Waals surface area contributed by atoms with E-state index in [-0.39, 0.29) is 17.7 Å². The van der Waals surface area contributed by atoms with Gasteiger partial charge in [-0.15, -0.1) is 11.3 Å². The number of nitrogens with one attached hydrogen (secondary N) is 1. The van der Waals surface area contributed by atoms with Crippen LogP contribution in [0.2, 0.25) is 0 Å². The topological polar surface area (TPSA) is 65.5 Å². The number of benzene rings is 1. The van der Waals surface area contributed by atoms with E-state index in [4.69, 9.17) is 0 Å². The number of nitrogens with zero attached hydrogens (tertiary/aromatic N) is 3. The Labute approximate surface area is 186 Å². The number of pyridine rings is 1. The Bertz CT molecular complexity index is 1090. The molecule has 7 heteroatoms. The highest BCUT2D eigenvalue weighted by atomic mass is 32.1. The van der Waals surface area contributed by atoms with Gasteiger partial charge in [-0.05, 0) is 42.2 Å². The summed E-state index contributed by atoms with van der Waals surface area (Å²) >= 11 is 1.43. The van der Waals surface area contributed by atoms with Gasteiger partial charge in [0, 0.05) is 63.8 Å². The van der Waals surface area contributed by atoms with Crippen LogP contribution in [0.4, 0.5) is 5.69 Å². The number of amides is 2. The number of carbonyl (C=O) groups excluding carboxylic acids is 2. The highest BCUT2D eigenvalue weighted by molar-refractivity contribution is 7.20. The predicted octanol–water partition coefficient (Wildman–Crippen LogP) is 3.67. The zero-order valence-electron chi connectivity index (χ0n) is 18.2. The fraction of sp³-hybridized carbons (Fsp3) is 0.375. The Balaban J connectivity index is 1.44. The van der Waals surface area contributed by atoms with Crippen molar-refractivity contribution in [1.82, 2.24) is 15.2 Å². The molecule has 1 N–H and O–H groups in total. The summed E-state index contributed by atoms with van der Waals surface area (Å²) in [6.07, 6.45) is 3.87. The van der Waals surface area contributed by atoms with Crippen LogP contribution in [0.15, 0.2) is 42.6 Å². The van der Waals surface area contributed by atoms with Crippen LogP contribution in [0.3, 0.4) is 0 Å². The van der Waals surface area contributed by atoms with Gasteiger partial charge in [0.15, 0.2) is 0 Å². The lowest BCUT2D eigenvalue weighted by Gasteiger charge is -2.17. The minimum Gasteiger partial charge on any atom is -0.378 e. The molecule has 6 nitrogen and oxygen atoms in total. The average molecular weight is 437 g/mol.